The van der Waals surface area contributed by atoms with Crippen LogP contribution in [-0.4, -0.2) is 38.2 Å². The van der Waals surface area contributed by atoms with Gasteiger partial charge in [0.2, 0.25) is 0 Å². The zero-order valence-electron chi connectivity index (χ0n) is 65.1. The first-order chi connectivity index (χ1) is 59.5. The molecule has 0 bridgehead atoms. The van der Waals surface area contributed by atoms with E-state index in [-0.39, 0.29) is 0 Å². The molecule has 0 atom stereocenters. The monoisotopic (exact) mass is 1530 g/mol. The second-order valence-corrected chi connectivity index (χ2v) is 30.8. The fraction of sp³-hybridized carbons (Fsp3) is 0. The van der Waals surface area contributed by atoms with Crippen LogP contribution in [0.25, 0.3) is 222 Å². The highest BCUT2D eigenvalue weighted by atomic mass is 15.0. The van der Waals surface area contributed by atoms with Gasteiger partial charge in [0.1, 0.15) is 0 Å². The van der Waals surface area contributed by atoms with Crippen molar-refractivity contribution >= 4 is 109 Å². The highest BCUT2D eigenvalue weighted by molar-refractivity contribution is 6.22. The second kappa shape index (κ2) is 29.0. The van der Waals surface area contributed by atoms with Gasteiger partial charge >= 0.3 is 0 Å². The minimum atomic E-state index is 0.693. The maximum atomic E-state index is 5.22. The highest BCUT2D eigenvalue weighted by Gasteiger charge is 2.24. The van der Waals surface area contributed by atoms with Gasteiger partial charge in [-0.15, -0.1) is 0 Å². The van der Waals surface area contributed by atoms with Gasteiger partial charge in [0.25, 0.3) is 0 Å². The van der Waals surface area contributed by atoms with Crippen molar-refractivity contribution in [2.75, 3.05) is 0 Å². The number of hydrogen-bond donors (Lipinski definition) is 0. The van der Waals surface area contributed by atoms with E-state index in [1.54, 1.807) is 0 Å². The third kappa shape index (κ3) is 12.0. The van der Waals surface area contributed by atoms with Crippen molar-refractivity contribution in [2.45, 2.75) is 0 Å². The number of nitrogens with zero attached hydrogens (tertiary/aromatic N) is 8. The molecule has 0 aliphatic heterocycles. The molecule has 6 heterocycles. The van der Waals surface area contributed by atoms with Crippen LogP contribution >= 0.6 is 0 Å². The van der Waals surface area contributed by atoms with Gasteiger partial charge in [0, 0.05) is 98.6 Å². The Labute approximate surface area is 692 Å². The lowest BCUT2D eigenvalue weighted by molar-refractivity contribution is 1.17. The zero-order valence-corrected chi connectivity index (χ0v) is 65.1. The molecule has 8 heteroatoms. The molecule has 0 aliphatic rings. The Morgan fingerprint density at radius 1 is 0.142 bits per heavy atom. The first kappa shape index (κ1) is 69.4. The molecule has 8 nitrogen and oxygen atoms in total. The third-order valence-corrected chi connectivity index (χ3v) is 23.8. The summed E-state index contributed by atoms with van der Waals surface area (Å²) in [5.41, 5.74) is 28.4. The molecule has 560 valence electrons. The number of para-hydroxylation sites is 6. The SMILES string of the molecule is c1ccc(-c2ccc(-c3cc(-c4ccc5c(-n6c7ccccc7c7cc8c9ccccc9n(-c9ccccc9)c8cc76)cccc5c4)nc(-c4ccccc4)n3)cc2)cc1.c1ccc(-c2ccc(-c3cc(-c4ccccc4)nc(-c4ccc5c(-n6c7ccccc7c7cc8c9ccccc9n(-c9ccccc9)c8cc76)cccc5c4)n3)cc2)cc1. The lowest BCUT2D eigenvalue weighted by Gasteiger charge is -2.14. The van der Waals surface area contributed by atoms with E-state index in [4.69, 9.17) is 19.9 Å². The predicted molar refractivity (Wildman–Crippen MR) is 500 cm³/mol. The second-order valence-electron chi connectivity index (χ2n) is 30.8. The van der Waals surface area contributed by atoms with Gasteiger partial charge in [-0.3, -0.25) is 0 Å². The minimum absolute atomic E-state index is 0.693. The van der Waals surface area contributed by atoms with Crippen LogP contribution in [0.1, 0.15) is 0 Å². The van der Waals surface area contributed by atoms with Crippen LogP contribution in [0.5, 0.6) is 0 Å². The smallest absolute Gasteiger partial charge is 0.160 e. The van der Waals surface area contributed by atoms with E-state index < -0.39 is 0 Å². The number of rotatable bonds is 12. The lowest BCUT2D eigenvalue weighted by Crippen LogP contribution is -1.98. The van der Waals surface area contributed by atoms with E-state index >= 15 is 0 Å². The first-order valence-electron chi connectivity index (χ1n) is 40.8. The fourth-order valence-corrected chi connectivity index (χ4v) is 18.2. The molecule has 24 aromatic rings. The number of benzene rings is 18. The molecule has 0 spiro atoms. The van der Waals surface area contributed by atoms with Crippen molar-refractivity contribution in [2.24, 2.45) is 0 Å². The van der Waals surface area contributed by atoms with E-state index in [1.807, 2.05) is 36.4 Å². The van der Waals surface area contributed by atoms with Crippen molar-refractivity contribution in [3.05, 3.63) is 437 Å². The fourth-order valence-electron chi connectivity index (χ4n) is 18.2. The molecule has 6 aromatic heterocycles. The molecule has 120 heavy (non-hydrogen) atoms. The molecule has 0 saturated heterocycles. The summed E-state index contributed by atoms with van der Waals surface area (Å²) in [7, 11) is 0. The van der Waals surface area contributed by atoms with Gasteiger partial charge in [-0.2, -0.15) is 0 Å². The molecular weight excluding hydrogens is 1460 g/mol. The molecule has 18 aromatic carbocycles. The Morgan fingerprint density at radius 3 is 0.817 bits per heavy atom. The number of aromatic nitrogens is 8. The summed E-state index contributed by atoms with van der Waals surface area (Å²) >= 11 is 0. The first-order valence-corrected chi connectivity index (χ1v) is 40.8. The maximum Gasteiger partial charge on any atom is 0.160 e. The third-order valence-electron chi connectivity index (χ3n) is 23.8. The van der Waals surface area contributed by atoms with Crippen LogP contribution < -0.4 is 0 Å². The zero-order chi connectivity index (χ0) is 79.1. The van der Waals surface area contributed by atoms with Crippen LogP contribution in [0.15, 0.2) is 437 Å². The summed E-state index contributed by atoms with van der Waals surface area (Å²) in [6, 6.07) is 156. The molecule has 24 rings (SSSR count). The Hall–Kier alpha value is -16.2. The summed E-state index contributed by atoms with van der Waals surface area (Å²) in [5.74, 6) is 1.40. The molecule has 0 unspecified atom stereocenters. The van der Waals surface area contributed by atoms with Crippen LogP contribution in [0.4, 0.5) is 0 Å². The van der Waals surface area contributed by atoms with E-state index in [0.29, 0.717) is 11.6 Å². The van der Waals surface area contributed by atoms with Gasteiger partial charge < -0.3 is 18.3 Å². The summed E-state index contributed by atoms with van der Waals surface area (Å²) in [6.45, 7) is 0. The van der Waals surface area contributed by atoms with Crippen molar-refractivity contribution in [1.29, 1.82) is 0 Å². The van der Waals surface area contributed by atoms with Gasteiger partial charge in [-0.1, -0.05) is 328 Å². The highest BCUT2D eigenvalue weighted by Crippen LogP contribution is 2.45. The maximum absolute atomic E-state index is 5.22. The van der Waals surface area contributed by atoms with E-state index in [0.717, 1.165) is 95.1 Å². The molecule has 0 amide bonds. The van der Waals surface area contributed by atoms with Crippen molar-refractivity contribution in [1.82, 2.24) is 38.2 Å². The number of hydrogen-bond acceptors (Lipinski definition) is 4. The molecule has 0 saturated carbocycles. The van der Waals surface area contributed by atoms with Crippen LogP contribution in [0.3, 0.4) is 0 Å². The van der Waals surface area contributed by atoms with Gasteiger partial charge in [0.15, 0.2) is 11.6 Å². The van der Waals surface area contributed by atoms with Crippen molar-refractivity contribution < 1.29 is 0 Å². The normalized spacial score (nSPS) is 11.7. The Morgan fingerprint density at radius 2 is 0.417 bits per heavy atom. The average Bonchev–Trinajstić information content (AvgIpc) is 1.56. The largest absolute Gasteiger partial charge is 0.309 e. The van der Waals surface area contributed by atoms with Crippen molar-refractivity contribution in [3.63, 3.8) is 0 Å². The lowest BCUT2D eigenvalue weighted by atomic mass is 10.0. The Kier molecular flexibility index (Phi) is 16.7. The minimum Gasteiger partial charge on any atom is -0.309 e. The summed E-state index contributed by atoms with van der Waals surface area (Å²) < 4.78 is 9.70. The standard InChI is InChI=1S/2C56H36N4/c1-4-15-37(16-5-1)38-27-29-39(30-28-38)49-35-50(58-56(57-49)40-17-6-2-7-18-40)42-31-32-44-41(33-42)19-14-26-51(44)60-53-25-13-11-23-46(53)48-34-47-45-22-10-12-24-52(45)59(54(47)36-55(48)60)43-20-8-3-9-21-43;1-4-15-37(16-5-1)38-27-29-40(30-28-38)50-35-49(39-17-6-2-7-18-39)57-56(58-50)42-31-32-44-41(33-42)19-14-26-51(44)60-53-25-13-11-23-46(53)48-34-47-45-22-10-12-24-52(45)59(54(47)36-55(48)60)43-20-8-3-9-21-43/h2*1-36H. The molecule has 0 radical (unpaired) electrons. The summed E-state index contributed by atoms with van der Waals surface area (Å²) in [4.78, 5) is 20.7. The van der Waals surface area contributed by atoms with E-state index in [9.17, 15) is 0 Å². The van der Waals surface area contributed by atoms with Crippen molar-refractivity contribution in [3.8, 4) is 113 Å². The summed E-state index contributed by atoms with van der Waals surface area (Å²) in [6.07, 6.45) is 0. The Balaban J connectivity index is 0.000000140. The molecule has 0 aliphatic carbocycles. The average molecular weight is 1530 g/mol. The van der Waals surface area contributed by atoms with Gasteiger partial charge in [-0.05, 0) is 142 Å². The molecular formula is C112H72N8. The van der Waals surface area contributed by atoms with Crippen LogP contribution in [0.2, 0.25) is 0 Å². The van der Waals surface area contributed by atoms with Crippen LogP contribution in [-0.2, 0) is 0 Å². The topological polar surface area (TPSA) is 71.3 Å². The quantitative estimate of drug-likeness (QED) is 0.122. The summed E-state index contributed by atoms with van der Waals surface area (Å²) in [5, 5.41) is 14.5. The van der Waals surface area contributed by atoms with E-state index in [1.165, 1.54) is 115 Å². The number of fused-ring (bicyclic) bond motifs is 14. The molecule has 0 fully saturated rings. The van der Waals surface area contributed by atoms with Gasteiger partial charge in [-0.25, -0.2) is 19.9 Å². The Bertz CT molecular complexity index is 7610. The molecule has 0 N–H and O–H groups in total. The van der Waals surface area contributed by atoms with E-state index in [2.05, 4.69) is 419 Å². The van der Waals surface area contributed by atoms with Gasteiger partial charge in [0.05, 0.1) is 78.3 Å². The predicted octanol–water partition coefficient (Wildman–Crippen LogP) is 29.0. The van der Waals surface area contributed by atoms with Crippen LogP contribution in [0, 0.1) is 0 Å².